The molecule has 0 radical (unpaired) electrons. The Hall–Kier alpha value is -2.08. The Morgan fingerprint density at radius 2 is 1.86 bits per heavy atom. The highest BCUT2D eigenvalue weighted by atomic mass is 79.9. The van der Waals surface area contributed by atoms with Crippen LogP contribution in [0.3, 0.4) is 0 Å². The van der Waals surface area contributed by atoms with Crippen LogP contribution < -0.4 is 0 Å². The Labute approximate surface area is 136 Å². The normalized spacial score (nSPS) is 10.8. The van der Waals surface area contributed by atoms with Crippen molar-refractivity contribution in [2.24, 2.45) is 0 Å². The zero-order valence-corrected chi connectivity index (χ0v) is 13.9. The van der Waals surface area contributed by atoms with E-state index in [-0.39, 0.29) is 19.8 Å². The predicted molar refractivity (Wildman–Crippen MR) is 84.8 cm³/mol. The number of carbonyl (C=O) groups excluding carboxylic acids is 1. The van der Waals surface area contributed by atoms with E-state index in [0.717, 1.165) is 6.21 Å². The van der Waals surface area contributed by atoms with Crippen LogP contribution in [-0.4, -0.2) is 25.2 Å². The minimum Gasteiger partial charge on any atom is -0.361 e. The van der Waals surface area contributed by atoms with Crippen LogP contribution >= 0.6 is 15.9 Å². The van der Waals surface area contributed by atoms with Gasteiger partial charge in [0.25, 0.3) is 5.78 Å². The first-order valence-electron chi connectivity index (χ1n) is 6.20. The van der Waals surface area contributed by atoms with Gasteiger partial charge in [-0.25, -0.2) is 8.42 Å². The summed E-state index contributed by atoms with van der Waals surface area (Å²) in [6, 6.07) is 10.8. The molecule has 112 valence electrons. The second-order valence-corrected chi connectivity index (χ2v) is 7.26. The summed E-state index contributed by atoms with van der Waals surface area (Å²) >= 11 is 3.19. The van der Waals surface area contributed by atoms with Crippen molar-refractivity contribution < 1.29 is 18.0 Å². The molecule has 0 aromatic heterocycles. The van der Waals surface area contributed by atoms with Gasteiger partial charge in [-0.05, 0) is 52.7 Å². The number of nitrogens with zero attached hydrogens (tertiary/aromatic N) is 2. The first kappa shape index (κ1) is 16.3. The van der Waals surface area contributed by atoms with Crippen LogP contribution in [0.25, 0.3) is 5.53 Å². The first-order chi connectivity index (χ1) is 10.4. The standard InChI is InChI=1S/C15H11BrN2O3S/c1-10-4-2-3-5-14(10)22(20,21)15-7-6-11(8-12(15)16)13(19)9-18-17/h2-9H,1H3. The minimum absolute atomic E-state index is 0.0688. The highest BCUT2D eigenvalue weighted by Crippen LogP contribution is 2.30. The number of halogens is 1. The Morgan fingerprint density at radius 1 is 1.18 bits per heavy atom. The van der Waals surface area contributed by atoms with Gasteiger partial charge in [0.05, 0.1) is 9.79 Å². The van der Waals surface area contributed by atoms with Crippen LogP contribution in [0, 0.1) is 6.92 Å². The van der Waals surface area contributed by atoms with E-state index in [9.17, 15) is 13.2 Å². The van der Waals surface area contributed by atoms with E-state index in [4.69, 9.17) is 5.53 Å². The third-order valence-corrected chi connectivity index (χ3v) is 5.95. The molecule has 2 aromatic carbocycles. The molecule has 5 nitrogen and oxygen atoms in total. The van der Waals surface area contributed by atoms with Crippen molar-refractivity contribution in [3.8, 4) is 0 Å². The van der Waals surface area contributed by atoms with Crippen molar-refractivity contribution in [1.82, 2.24) is 0 Å². The average molecular weight is 379 g/mol. The molecule has 0 aliphatic carbocycles. The van der Waals surface area contributed by atoms with E-state index in [1.165, 1.54) is 24.3 Å². The van der Waals surface area contributed by atoms with Crippen molar-refractivity contribution in [1.29, 1.82) is 0 Å². The number of aryl methyl sites for hydroxylation is 1. The quantitative estimate of drug-likeness (QED) is 0.354. The molecule has 0 amide bonds. The van der Waals surface area contributed by atoms with Gasteiger partial charge < -0.3 is 5.53 Å². The second kappa shape index (κ2) is 6.36. The fraction of sp³-hybridized carbons (Fsp3) is 0.0667. The molecule has 0 bridgehead atoms. The van der Waals surface area contributed by atoms with Gasteiger partial charge in [-0.15, -0.1) is 0 Å². The van der Waals surface area contributed by atoms with Crippen molar-refractivity contribution >= 4 is 37.8 Å². The van der Waals surface area contributed by atoms with E-state index in [2.05, 4.69) is 20.7 Å². The Kier molecular flexibility index (Phi) is 4.71. The van der Waals surface area contributed by atoms with Gasteiger partial charge in [0.1, 0.15) is 0 Å². The van der Waals surface area contributed by atoms with Gasteiger partial charge in [0.2, 0.25) is 9.84 Å². The summed E-state index contributed by atoms with van der Waals surface area (Å²) in [6.07, 6.45) is 0.747. The highest BCUT2D eigenvalue weighted by Gasteiger charge is 2.23. The zero-order chi connectivity index (χ0) is 16.3. The molecule has 7 heteroatoms. The molecular weight excluding hydrogens is 368 g/mol. The third kappa shape index (κ3) is 3.06. The third-order valence-electron chi connectivity index (χ3n) is 3.06. The summed E-state index contributed by atoms with van der Waals surface area (Å²) in [7, 11) is -3.70. The van der Waals surface area contributed by atoms with Crippen LogP contribution in [0.4, 0.5) is 0 Å². The minimum atomic E-state index is -3.70. The van der Waals surface area contributed by atoms with Gasteiger partial charge in [-0.3, -0.25) is 4.79 Å². The van der Waals surface area contributed by atoms with Gasteiger partial charge >= 0.3 is 6.21 Å². The highest BCUT2D eigenvalue weighted by molar-refractivity contribution is 9.10. The fourth-order valence-corrected chi connectivity index (χ4v) is 4.54. The molecule has 0 aliphatic rings. The maximum Gasteiger partial charge on any atom is 0.328 e. The van der Waals surface area contributed by atoms with Crippen LogP contribution in [-0.2, 0) is 9.84 Å². The van der Waals surface area contributed by atoms with Crippen molar-refractivity contribution in [2.45, 2.75) is 16.7 Å². The van der Waals surface area contributed by atoms with Crippen molar-refractivity contribution in [3.05, 3.63) is 63.6 Å². The number of sulfone groups is 1. The van der Waals surface area contributed by atoms with Gasteiger partial charge in [-0.2, -0.15) is 4.79 Å². The summed E-state index contributed by atoms with van der Waals surface area (Å²) in [5.74, 6) is -0.525. The van der Waals surface area contributed by atoms with Crippen molar-refractivity contribution in [2.75, 3.05) is 0 Å². The van der Waals surface area contributed by atoms with E-state index >= 15 is 0 Å². The molecule has 0 N–H and O–H groups in total. The maximum atomic E-state index is 12.7. The van der Waals surface area contributed by atoms with Gasteiger partial charge in [0.15, 0.2) is 0 Å². The van der Waals surface area contributed by atoms with E-state index < -0.39 is 15.6 Å². The smallest absolute Gasteiger partial charge is 0.328 e. The van der Waals surface area contributed by atoms with Crippen molar-refractivity contribution in [3.63, 3.8) is 0 Å². The largest absolute Gasteiger partial charge is 0.361 e. The van der Waals surface area contributed by atoms with Crippen LogP contribution in [0.15, 0.2) is 56.7 Å². The van der Waals surface area contributed by atoms with Crippen LogP contribution in [0.2, 0.25) is 0 Å². The number of rotatable bonds is 4. The van der Waals surface area contributed by atoms with Crippen LogP contribution in [0.1, 0.15) is 15.9 Å². The Morgan fingerprint density at radius 3 is 2.45 bits per heavy atom. The van der Waals surface area contributed by atoms with E-state index in [1.54, 1.807) is 25.1 Å². The van der Waals surface area contributed by atoms with Gasteiger partial charge in [0, 0.05) is 10.0 Å². The van der Waals surface area contributed by atoms with E-state index in [0.29, 0.717) is 5.56 Å². The monoisotopic (exact) mass is 378 g/mol. The predicted octanol–water partition coefficient (Wildman–Crippen LogP) is 3.07. The molecule has 0 atom stereocenters. The molecule has 0 aliphatic heterocycles. The number of carbonyl (C=O) groups is 1. The number of Topliss-reactive ketones (excluding diaryl/α,β-unsaturated/α-hetero) is 1. The summed E-state index contributed by atoms with van der Waals surface area (Å²) in [4.78, 5) is 14.5. The average Bonchev–Trinajstić information content (AvgIpc) is 2.47. The van der Waals surface area contributed by atoms with Gasteiger partial charge in [-0.1, -0.05) is 18.2 Å². The lowest BCUT2D eigenvalue weighted by atomic mass is 10.1. The van der Waals surface area contributed by atoms with Crippen LogP contribution in [0.5, 0.6) is 0 Å². The molecule has 0 fully saturated rings. The summed E-state index contributed by atoms with van der Waals surface area (Å²) in [6.45, 7) is 1.72. The lowest BCUT2D eigenvalue weighted by molar-refractivity contribution is 0.00234. The molecule has 0 saturated carbocycles. The molecule has 22 heavy (non-hydrogen) atoms. The number of hydrogen-bond acceptors (Lipinski definition) is 3. The number of ketones is 1. The van der Waals surface area contributed by atoms with E-state index in [1.807, 2.05) is 0 Å². The number of hydrogen-bond donors (Lipinski definition) is 0. The lowest BCUT2D eigenvalue weighted by Gasteiger charge is -2.09. The molecule has 2 aromatic rings. The zero-order valence-electron chi connectivity index (χ0n) is 11.5. The Bertz CT molecular complexity index is 901. The lowest BCUT2D eigenvalue weighted by Crippen LogP contribution is -2.07. The Balaban J connectivity index is 2.56. The second-order valence-electron chi connectivity index (χ2n) is 4.52. The molecule has 0 unspecified atom stereocenters. The SMILES string of the molecule is Cc1ccccc1S(=O)(=O)c1ccc(C(=O)C=[N+]=[N-])cc1Br. The molecule has 0 spiro atoms. The topological polar surface area (TPSA) is 87.6 Å². The first-order valence-corrected chi connectivity index (χ1v) is 8.47. The molecule has 2 rings (SSSR count). The molecule has 0 saturated heterocycles. The summed E-state index contributed by atoms with van der Waals surface area (Å²) in [5.41, 5.74) is 9.23. The molecular formula is C15H11BrN2O3S. The fourth-order valence-electron chi connectivity index (χ4n) is 1.98. The summed E-state index contributed by atoms with van der Waals surface area (Å²) < 4.78 is 25.7. The number of benzene rings is 2. The summed E-state index contributed by atoms with van der Waals surface area (Å²) in [5, 5.41) is 0. The molecule has 0 heterocycles. The maximum absolute atomic E-state index is 12.7.